The molecule has 1 N–H and O–H groups in total. The number of nitrogens with zero attached hydrogens (tertiary/aromatic N) is 3. The minimum Gasteiger partial charge on any atom is -0.335 e. The van der Waals surface area contributed by atoms with Crippen molar-refractivity contribution >= 4 is 15.9 Å². The average molecular weight is 326 g/mol. The Labute approximate surface area is 131 Å². The number of aryl methyl sites for hydroxylation is 1. The summed E-state index contributed by atoms with van der Waals surface area (Å²) in [5, 5.41) is 0. The van der Waals surface area contributed by atoms with Gasteiger partial charge >= 0.3 is 0 Å². The molecule has 1 saturated heterocycles. The molecule has 1 amide bonds. The number of hydrogen-bond acceptors (Lipinski definition) is 5. The molecule has 0 unspecified atom stereocenters. The van der Waals surface area contributed by atoms with Gasteiger partial charge in [-0.2, -0.15) is 0 Å². The van der Waals surface area contributed by atoms with Gasteiger partial charge < -0.3 is 4.90 Å². The highest BCUT2D eigenvalue weighted by atomic mass is 32.2. The largest absolute Gasteiger partial charge is 0.335 e. The second kappa shape index (κ2) is 6.70. The van der Waals surface area contributed by atoms with Gasteiger partial charge in [0.05, 0.1) is 18.1 Å². The predicted molar refractivity (Wildman–Crippen MR) is 82.8 cm³/mol. The molecule has 0 spiro atoms. The quantitative estimate of drug-likeness (QED) is 0.854. The van der Waals surface area contributed by atoms with Gasteiger partial charge in [-0.25, -0.2) is 18.1 Å². The van der Waals surface area contributed by atoms with Crippen molar-refractivity contribution in [1.82, 2.24) is 19.6 Å². The lowest BCUT2D eigenvalue weighted by Gasteiger charge is -2.17. The van der Waals surface area contributed by atoms with Crippen LogP contribution in [0.1, 0.15) is 35.9 Å². The summed E-state index contributed by atoms with van der Waals surface area (Å²) in [5.41, 5.74) is 1.04. The maximum absolute atomic E-state index is 12.5. The highest BCUT2D eigenvalue weighted by molar-refractivity contribution is 7.88. The summed E-state index contributed by atoms with van der Waals surface area (Å²) in [6.07, 6.45) is 5.98. The Balaban J connectivity index is 2.12. The highest BCUT2D eigenvalue weighted by Crippen LogP contribution is 2.23. The van der Waals surface area contributed by atoms with E-state index in [1.807, 2.05) is 6.92 Å². The van der Waals surface area contributed by atoms with E-state index in [1.54, 1.807) is 18.0 Å². The van der Waals surface area contributed by atoms with Gasteiger partial charge in [0.2, 0.25) is 10.0 Å². The van der Waals surface area contributed by atoms with Gasteiger partial charge in [0.25, 0.3) is 5.91 Å². The first-order valence-corrected chi connectivity index (χ1v) is 9.24. The summed E-state index contributed by atoms with van der Waals surface area (Å²) in [5.74, 6) is -0.0755. The Hall–Kier alpha value is -1.54. The first-order valence-electron chi connectivity index (χ1n) is 7.35. The van der Waals surface area contributed by atoms with Crippen LogP contribution in [-0.2, 0) is 10.0 Å². The second-order valence-corrected chi connectivity index (χ2v) is 7.58. The summed E-state index contributed by atoms with van der Waals surface area (Å²) in [6.45, 7) is 4.76. The summed E-state index contributed by atoms with van der Waals surface area (Å²) in [4.78, 5) is 22.3. The van der Waals surface area contributed by atoms with Gasteiger partial charge in [-0.15, -0.1) is 0 Å². The van der Waals surface area contributed by atoms with Crippen molar-refractivity contribution in [3.8, 4) is 0 Å². The van der Waals surface area contributed by atoms with E-state index in [9.17, 15) is 13.2 Å². The van der Waals surface area contributed by atoms with Crippen molar-refractivity contribution in [1.29, 1.82) is 0 Å². The van der Waals surface area contributed by atoms with E-state index >= 15 is 0 Å². The molecular weight excluding hydrogens is 304 g/mol. The Morgan fingerprint density at radius 3 is 2.64 bits per heavy atom. The molecule has 0 aromatic carbocycles. The van der Waals surface area contributed by atoms with Crippen molar-refractivity contribution in [2.24, 2.45) is 5.92 Å². The standard InChI is InChI=1S/C14H22N4O3S/c1-4-5-11-8-18(9-13(11)17-22(3,20)21)14(19)12-7-15-10(2)6-16-12/h6-7,11,13,17H,4-5,8-9H2,1-3H3/t11-,13-/m1/s1. The zero-order valence-electron chi connectivity index (χ0n) is 13.1. The number of aromatic nitrogens is 2. The maximum atomic E-state index is 12.5. The number of nitrogens with one attached hydrogen (secondary N) is 1. The first kappa shape index (κ1) is 16.8. The number of carbonyl (C=O) groups is 1. The van der Waals surface area contributed by atoms with Crippen LogP contribution >= 0.6 is 0 Å². The lowest BCUT2D eigenvalue weighted by Crippen LogP contribution is -2.40. The lowest BCUT2D eigenvalue weighted by atomic mass is 9.99. The van der Waals surface area contributed by atoms with Crippen molar-refractivity contribution in [3.63, 3.8) is 0 Å². The SMILES string of the molecule is CCC[C@@H]1CN(C(=O)c2cnc(C)cn2)C[C@H]1NS(C)(=O)=O. The summed E-state index contributed by atoms with van der Waals surface area (Å²) in [7, 11) is -3.29. The molecule has 7 nitrogen and oxygen atoms in total. The molecular formula is C14H22N4O3S. The molecule has 0 aliphatic carbocycles. The molecule has 1 fully saturated rings. The maximum Gasteiger partial charge on any atom is 0.274 e. The van der Waals surface area contributed by atoms with Crippen molar-refractivity contribution < 1.29 is 13.2 Å². The van der Waals surface area contributed by atoms with Crippen molar-refractivity contribution in [3.05, 3.63) is 23.8 Å². The average Bonchev–Trinajstić information content (AvgIpc) is 2.80. The minimum atomic E-state index is -3.29. The molecule has 0 saturated carbocycles. The van der Waals surface area contributed by atoms with Crippen LogP contribution in [0.3, 0.4) is 0 Å². The zero-order chi connectivity index (χ0) is 16.3. The predicted octanol–water partition coefficient (Wildman–Crippen LogP) is 0.575. The van der Waals surface area contributed by atoms with Gasteiger partial charge in [0.1, 0.15) is 5.69 Å². The molecule has 1 aromatic rings. The monoisotopic (exact) mass is 326 g/mol. The normalized spacial score (nSPS) is 22.0. The highest BCUT2D eigenvalue weighted by Gasteiger charge is 2.36. The molecule has 1 aromatic heterocycles. The van der Waals surface area contributed by atoms with Crippen LogP contribution in [0.15, 0.2) is 12.4 Å². The van der Waals surface area contributed by atoms with Crippen LogP contribution in [0.25, 0.3) is 0 Å². The number of amides is 1. The van der Waals surface area contributed by atoms with Gasteiger partial charge in [0.15, 0.2) is 0 Å². The fourth-order valence-electron chi connectivity index (χ4n) is 2.77. The number of hydrogen-bond donors (Lipinski definition) is 1. The molecule has 22 heavy (non-hydrogen) atoms. The third-order valence-electron chi connectivity index (χ3n) is 3.75. The van der Waals surface area contributed by atoms with Crippen LogP contribution in [-0.4, -0.2) is 54.6 Å². The second-order valence-electron chi connectivity index (χ2n) is 5.80. The smallest absolute Gasteiger partial charge is 0.274 e. The third-order valence-corrected chi connectivity index (χ3v) is 4.48. The van der Waals surface area contributed by atoms with Crippen molar-refractivity contribution in [2.45, 2.75) is 32.7 Å². The van der Waals surface area contributed by atoms with E-state index in [2.05, 4.69) is 14.7 Å². The number of sulfonamides is 1. The van der Waals surface area contributed by atoms with E-state index in [4.69, 9.17) is 0 Å². The summed E-state index contributed by atoms with van der Waals surface area (Å²) < 4.78 is 25.6. The summed E-state index contributed by atoms with van der Waals surface area (Å²) >= 11 is 0. The lowest BCUT2D eigenvalue weighted by molar-refractivity contribution is 0.0778. The molecule has 2 rings (SSSR count). The molecule has 1 aliphatic heterocycles. The zero-order valence-corrected chi connectivity index (χ0v) is 13.9. The molecule has 0 bridgehead atoms. The topological polar surface area (TPSA) is 92.3 Å². The number of carbonyl (C=O) groups excluding carboxylic acids is 1. The van der Waals surface area contributed by atoms with E-state index in [-0.39, 0.29) is 17.9 Å². The molecule has 2 heterocycles. The van der Waals surface area contributed by atoms with Crippen LogP contribution in [0.5, 0.6) is 0 Å². The van der Waals surface area contributed by atoms with E-state index in [1.165, 1.54) is 6.20 Å². The first-order chi connectivity index (χ1) is 10.3. The van der Waals surface area contributed by atoms with Crippen LogP contribution in [0.4, 0.5) is 0 Å². The fraction of sp³-hybridized carbons (Fsp3) is 0.643. The summed E-state index contributed by atoms with van der Waals surface area (Å²) in [6, 6.07) is -0.239. The fourth-order valence-corrected chi connectivity index (χ4v) is 3.59. The van der Waals surface area contributed by atoms with Gasteiger partial charge in [-0.05, 0) is 19.3 Å². The van der Waals surface area contributed by atoms with E-state index in [0.717, 1.165) is 24.8 Å². The van der Waals surface area contributed by atoms with E-state index in [0.29, 0.717) is 18.8 Å². The van der Waals surface area contributed by atoms with Crippen molar-refractivity contribution in [2.75, 3.05) is 19.3 Å². The van der Waals surface area contributed by atoms with Gasteiger partial charge in [0, 0.05) is 25.3 Å². The van der Waals surface area contributed by atoms with Crippen LogP contribution in [0.2, 0.25) is 0 Å². The molecule has 2 atom stereocenters. The Morgan fingerprint density at radius 2 is 2.09 bits per heavy atom. The van der Waals surface area contributed by atoms with Gasteiger partial charge in [-0.1, -0.05) is 13.3 Å². The third kappa shape index (κ3) is 4.23. The van der Waals surface area contributed by atoms with Gasteiger partial charge in [-0.3, -0.25) is 9.78 Å². The minimum absolute atomic E-state index is 0.127. The van der Waals surface area contributed by atoms with Crippen LogP contribution in [0, 0.1) is 12.8 Å². The van der Waals surface area contributed by atoms with Crippen LogP contribution < -0.4 is 4.72 Å². The van der Waals surface area contributed by atoms with E-state index < -0.39 is 10.0 Å². The number of likely N-dealkylation sites (tertiary alicyclic amines) is 1. The molecule has 1 aliphatic rings. The molecule has 122 valence electrons. The Kier molecular flexibility index (Phi) is 5.12. The molecule has 0 radical (unpaired) electrons. The number of rotatable bonds is 5. The molecule has 8 heteroatoms. The Bertz CT molecular complexity index is 630. The Morgan fingerprint density at radius 1 is 1.36 bits per heavy atom.